The molecule has 116 valence electrons. The summed E-state index contributed by atoms with van der Waals surface area (Å²) in [5, 5.41) is 2.84. The number of para-hydroxylation sites is 1. The Labute approximate surface area is 129 Å². The highest BCUT2D eigenvalue weighted by Crippen LogP contribution is 2.42. The van der Waals surface area contributed by atoms with Crippen molar-refractivity contribution >= 4 is 27.0 Å². The number of furan rings is 1. The summed E-state index contributed by atoms with van der Waals surface area (Å²) in [5.41, 5.74) is 1.63. The van der Waals surface area contributed by atoms with E-state index in [4.69, 9.17) is 4.42 Å². The number of hydrogen-bond acceptors (Lipinski definition) is 4. The molecule has 0 aliphatic heterocycles. The molecule has 2 aromatic rings. The van der Waals surface area contributed by atoms with Crippen LogP contribution in [0, 0.1) is 0 Å². The van der Waals surface area contributed by atoms with Gasteiger partial charge in [0.1, 0.15) is 5.76 Å². The van der Waals surface area contributed by atoms with Crippen LogP contribution in [0.3, 0.4) is 0 Å². The molecule has 1 heterocycles. The van der Waals surface area contributed by atoms with E-state index < -0.39 is 9.73 Å². The molecule has 1 fully saturated rings. The maximum atomic E-state index is 12.5. The SMILES string of the molecule is CS(C)(=O)=Nc1ccccc1NC(=O)c1ccoc1C1CC1. The number of amides is 1. The fraction of sp³-hybridized carbons (Fsp3) is 0.312. The molecule has 1 amide bonds. The van der Waals surface area contributed by atoms with Crippen molar-refractivity contribution < 1.29 is 13.4 Å². The number of nitrogens with zero attached hydrogens (tertiary/aromatic N) is 1. The Morgan fingerprint density at radius 1 is 1.27 bits per heavy atom. The van der Waals surface area contributed by atoms with E-state index in [1.54, 1.807) is 49.1 Å². The monoisotopic (exact) mass is 318 g/mol. The molecule has 6 heteroatoms. The lowest BCUT2D eigenvalue weighted by molar-refractivity contribution is 0.102. The quantitative estimate of drug-likeness (QED) is 0.932. The van der Waals surface area contributed by atoms with Crippen molar-refractivity contribution in [1.82, 2.24) is 0 Å². The van der Waals surface area contributed by atoms with Gasteiger partial charge in [0.05, 0.1) is 23.2 Å². The lowest BCUT2D eigenvalue weighted by Gasteiger charge is -2.08. The lowest BCUT2D eigenvalue weighted by atomic mass is 10.1. The number of benzene rings is 1. The van der Waals surface area contributed by atoms with E-state index in [2.05, 4.69) is 9.68 Å². The zero-order valence-electron chi connectivity index (χ0n) is 12.5. The largest absolute Gasteiger partial charge is 0.468 e. The van der Waals surface area contributed by atoms with Crippen molar-refractivity contribution in [3.05, 3.63) is 47.9 Å². The molecule has 1 N–H and O–H groups in total. The van der Waals surface area contributed by atoms with E-state index in [1.807, 2.05) is 0 Å². The fourth-order valence-corrected chi connectivity index (χ4v) is 2.89. The first-order valence-electron chi connectivity index (χ1n) is 7.09. The molecular weight excluding hydrogens is 300 g/mol. The van der Waals surface area contributed by atoms with Crippen LogP contribution in [0.5, 0.6) is 0 Å². The minimum absolute atomic E-state index is 0.225. The van der Waals surface area contributed by atoms with Crippen molar-refractivity contribution in [2.24, 2.45) is 4.36 Å². The normalized spacial score (nSPS) is 14.6. The Hall–Kier alpha value is -2.08. The first-order valence-corrected chi connectivity index (χ1v) is 9.42. The van der Waals surface area contributed by atoms with Crippen molar-refractivity contribution in [2.75, 3.05) is 17.8 Å². The average molecular weight is 318 g/mol. The number of anilines is 1. The minimum atomic E-state index is -2.30. The van der Waals surface area contributed by atoms with Crippen molar-refractivity contribution in [3.63, 3.8) is 0 Å². The number of hydrogen-bond donors (Lipinski definition) is 1. The number of carbonyl (C=O) groups is 1. The Morgan fingerprint density at radius 3 is 2.68 bits per heavy atom. The van der Waals surface area contributed by atoms with Crippen LogP contribution >= 0.6 is 0 Å². The molecule has 0 atom stereocenters. The second-order valence-electron chi connectivity index (χ2n) is 5.72. The predicted octanol–water partition coefficient (Wildman–Crippen LogP) is 3.77. The van der Waals surface area contributed by atoms with Gasteiger partial charge in [-0.3, -0.25) is 4.79 Å². The van der Waals surface area contributed by atoms with Gasteiger partial charge in [-0.2, -0.15) is 4.36 Å². The zero-order chi connectivity index (χ0) is 15.7. The molecule has 1 aliphatic carbocycles. The molecule has 5 nitrogen and oxygen atoms in total. The van der Waals surface area contributed by atoms with Gasteiger partial charge in [0.15, 0.2) is 0 Å². The van der Waals surface area contributed by atoms with Crippen LogP contribution in [0.4, 0.5) is 11.4 Å². The van der Waals surface area contributed by atoms with Crippen LogP contribution in [-0.4, -0.2) is 22.6 Å². The van der Waals surface area contributed by atoms with Crippen LogP contribution in [-0.2, 0) is 9.73 Å². The molecule has 22 heavy (non-hydrogen) atoms. The van der Waals surface area contributed by atoms with Gasteiger partial charge in [0, 0.05) is 28.2 Å². The smallest absolute Gasteiger partial charge is 0.259 e. The van der Waals surface area contributed by atoms with Crippen molar-refractivity contribution in [1.29, 1.82) is 0 Å². The maximum Gasteiger partial charge on any atom is 0.259 e. The number of nitrogens with one attached hydrogen (secondary N) is 1. The average Bonchev–Trinajstić information content (AvgIpc) is 3.16. The molecule has 1 aromatic heterocycles. The van der Waals surface area contributed by atoms with Gasteiger partial charge < -0.3 is 9.73 Å². The second-order valence-corrected chi connectivity index (χ2v) is 8.26. The molecular formula is C16H18N2O3S. The van der Waals surface area contributed by atoms with E-state index in [9.17, 15) is 9.00 Å². The predicted molar refractivity (Wildman–Crippen MR) is 87.2 cm³/mol. The summed E-state index contributed by atoms with van der Waals surface area (Å²) in [7, 11) is -2.30. The zero-order valence-corrected chi connectivity index (χ0v) is 13.4. The highest BCUT2D eigenvalue weighted by molar-refractivity contribution is 7.92. The third-order valence-electron chi connectivity index (χ3n) is 3.36. The Bertz CT molecular complexity index is 819. The van der Waals surface area contributed by atoms with Crippen molar-refractivity contribution in [2.45, 2.75) is 18.8 Å². The first-order chi connectivity index (χ1) is 10.4. The summed E-state index contributed by atoms with van der Waals surface area (Å²) in [6, 6.07) is 8.77. The maximum absolute atomic E-state index is 12.5. The summed E-state index contributed by atoms with van der Waals surface area (Å²) in [4.78, 5) is 12.5. The summed E-state index contributed by atoms with van der Waals surface area (Å²) < 4.78 is 21.5. The topological polar surface area (TPSA) is 71.7 Å². The Balaban J connectivity index is 1.89. The molecule has 1 saturated carbocycles. The van der Waals surface area contributed by atoms with Crippen LogP contribution in [0.2, 0.25) is 0 Å². The van der Waals surface area contributed by atoms with Gasteiger partial charge in [-0.1, -0.05) is 12.1 Å². The summed E-state index contributed by atoms with van der Waals surface area (Å²) in [5.74, 6) is 0.888. The number of carbonyl (C=O) groups excluding carboxylic acids is 1. The molecule has 0 saturated heterocycles. The van der Waals surface area contributed by atoms with Crippen molar-refractivity contribution in [3.8, 4) is 0 Å². The molecule has 0 radical (unpaired) electrons. The molecule has 0 bridgehead atoms. The van der Waals surface area contributed by atoms with Gasteiger partial charge >= 0.3 is 0 Å². The van der Waals surface area contributed by atoms with Gasteiger partial charge in [0.25, 0.3) is 5.91 Å². The molecule has 1 aliphatic rings. The first kappa shape index (κ1) is 14.8. The van der Waals surface area contributed by atoms with Gasteiger partial charge in [0.2, 0.25) is 0 Å². The Kier molecular flexibility index (Phi) is 3.78. The molecule has 3 rings (SSSR count). The third kappa shape index (κ3) is 3.39. The minimum Gasteiger partial charge on any atom is -0.468 e. The van der Waals surface area contributed by atoms with Crippen LogP contribution in [0.1, 0.15) is 34.9 Å². The van der Waals surface area contributed by atoms with E-state index in [0.717, 1.165) is 18.6 Å². The molecule has 1 aromatic carbocycles. The van der Waals surface area contributed by atoms with E-state index >= 15 is 0 Å². The van der Waals surface area contributed by atoms with Crippen LogP contribution < -0.4 is 5.32 Å². The van der Waals surface area contributed by atoms with Gasteiger partial charge in [-0.05, 0) is 31.0 Å². The van der Waals surface area contributed by atoms with E-state index in [0.29, 0.717) is 22.9 Å². The van der Waals surface area contributed by atoms with E-state index in [1.165, 1.54) is 0 Å². The van der Waals surface area contributed by atoms with Crippen LogP contribution in [0.25, 0.3) is 0 Å². The van der Waals surface area contributed by atoms with Gasteiger partial charge in [-0.25, -0.2) is 4.21 Å². The lowest BCUT2D eigenvalue weighted by Crippen LogP contribution is -2.13. The standard InChI is InChI=1S/C16H18N2O3S/c1-22(2,20)18-14-6-4-3-5-13(14)17-16(19)12-9-10-21-15(12)11-7-8-11/h3-6,9-11H,7-8H2,1-2H3,(H,17,19). The third-order valence-corrected chi connectivity index (χ3v) is 3.99. The molecule has 0 unspecified atom stereocenters. The molecule has 0 spiro atoms. The van der Waals surface area contributed by atoms with Crippen LogP contribution in [0.15, 0.2) is 45.4 Å². The summed E-state index contributed by atoms with van der Waals surface area (Å²) in [6.45, 7) is 0. The highest BCUT2D eigenvalue weighted by atomic mass is 32.2. The van der Waals surface area contributed by atoms with Gasteiger partial charge in [-0.15, -0.1) is 0 Å². The summed E-state index contributed by atoms with van der Waals surface area (Å²) in [6.07, 6.45) is 6.80. The number of rotatable bonds is 4. The van der Waals surface area contributed by atoms with E-state index in [-0.39, 0.29) is 5.91 Å². The highest BCUT2D eigenvalue weighted by Gasteiger charge is 2.31. The Morgan fingerprint density at radius 2 is 2.00 bits per heavy atom. The summed E-state index contributed by atoms with van der Waals surface area (Å²) >= 11 is 0. The fourth-order valence-electron chi connectivity index (χ4n) is 2.26. The second kappa shape index (κ2) is 5.61.